The fourth-order valence-corrected chi connectivity index (χ4v) is 3.43. The Kier molecular flexibility index (Phi) is 7.11. The Morgan fingerprint density at radius 3 is 2.63 bits per heavy atom. The van der Waals surface area contributed by atoms with Crippen molar-refractivity contribution in [2.75, 3.05) is 40.4 Å². The third-order valence-electron chi connectivity index (χ3n) is 4.93. The number of rotatable bonds is 7. The highest BCUT2D eigenvalue weighted by molar-refractivity contribution is 5.80. The minimum absolute atomic E-state index is 0.531. The summed E-state index contributed by atoms with van der Waals surface area (Å²) in [6.45, 7) is 4.05. The van der Waals surface area contributed by atoms with Gasteiger partial charge in [-0.05, 0) is 29.7 Å². The lowest BCUT2D eigenvalue weighted by molar-refractivity contribution is 0.125. The van der Waals surface area contributed by atoms with E-state index in [1.807, 2.05) is 37.4 Å². The van der Waals surface area contributed by atoms with Crippen molar-refractivity contribution < 1.29 is 9.47 Å². The molecule has 5 heteroatoms. The quantitative estimate of drug-likeness (QED) is 0.463. The molecule has 1 saturated heterocycles. The van der Waals surface area contributed by atoms with E-state index in [4.69, 9.17) is 9.47 Å². The van der Waals surface area contributed by atoms with Crippen LogP contribution < -0.4 is 10.1 Å². The molecule has 0 aromatic heterocycles. The van der Waals surface area contributed by atoms with Gasteiger partial charge in [0, 0.05) is 32.6 Å². The fourth-order valence-electron chi connectivity index (χ4n) is 3.43. The number of guanidine groups is 1. The van der Waals surface area contributed by atoms with Crippen molar-refractivity contribution in [3.05, 3.63) is 65.7 Å². The Bertz CT molecular complexity index is 716. The zero-order valence-electron chi connectivity index (χ0n) is 16.2. The summed E-state index contributed by atoms with van der Waals surface area (Å²) in [4.78, 5) is 6.76. The number of aliphatic imine (C=N–C) groups is 1. The largest absolute Gasteiger partial charge is 0.497 e. The summed E-state index contributed by atoms with van der Waals surface area (Å²) in [6, 6.07) is 18.7. The molecule has 0 radical (unpaired) electrons. The van der Waals surface area contributed by atoms with Gasteiger partial charge in [0.1, 0.15) is 5.75 Å². The second-order valence-electron chi connectivity index (χ2n) is 6.72. The first-order chi connectivity index (χ1) is 13.3. The molecular formula is C22H29N3O2. The molecule has 27 heavy (non-hydrogen) atoms. The maximum absolute atomic E-state index is 5.74. The van der Waals surface area contributed by atoms with E-state index in [9.17, 15) is 0 Å². The van der Waals surface area contributed by atoms with Gasteiger partial charge in [-0.2, -0.15) is 0 Å². The Morgan fingerprint density at radius 1 is 1.15 bits per heavy atom. The molecule has 1 N–H and O–H groups in total. The summed E-state index contributed by atoms with van der Waals surface area (Å²) in [6.07, 6.45) is 1.14. The van der Waals surface area contributed by atoms with Gasteiger partial charge >= 0.3 is 0 Å². The zero-order valence-corrected chi connectivity index (χ0v) is 16.2. The Morgan fingerprint density at radius 2 is 1.93 bits per heavy atom. The lowest BCUT2D eigenvalue weighted by Crippen LogP contribution is -2.41. The van der Waals surface area contributed by atoms with E-state index in [2.05, 4.69) is 39.5 Å². The lowest BCUT2D eigenvalue weighted by atomic mass is 9.98. The topological polar surface area (TPSA) is 46.1 Å². The molecule has 0 amide bonds. The van der Waals surface area contributed by atoms with Gasteiger partial charge in [0.2, 0.25) is 0 Å². The van der Waals surface area contributed by atoms with Crippen molar-refractivity contribution in [3.63, 3.8) is 0 Å². The van der Waals surface area contributed by atoms with E-state index in [1.54, 1.807) is 7.11 Å². The number of hydrogen-bond donors (Lipinski definition) is 1. The van der Waals surface area contributed by atoms with Crippen molar-refractivity contribution >= 4 is 5.96 Å². The van der Waals surface area contributed by atoms with Gasteiger partial charge in [-0.1, -0.05) is 42.5 Å². The van der Waals surface area contributed by atoms with E-state index >= 15 is 0 Å². The molecule has 5 nitrogen and oxygen atoms in total. The van der Waals surface area contributed by atoms with Gasteiger partial charge in [-0.3, -0.25) is 4.99 Å². The molecule has 1 heterocycles. The molecule has 144 valence electrons. The first-order valence-corrected chi connectivity index (χ1v) is 9.51. The molecule has 3 rings (SSSR count). The van der Waals surface area contributed by atoms with Crippen LogP contribution in [0.3, 0.4) is 0 Å². The summed E-state index contributed by atoms with van der Waals surface area (Å²) in [5, 5.41) is 3.42. The number of methoxy groups -OCH3 is 1. The van der Waals surface area contributed by atoms with Gasteiger partial charge < -0.3 is 19.7 Å². The Labute approximate surface area is 162 Å². The third kappa shape index (κ3) is 5.47. The molecular weight excluding hydrogens is 338 g/mol. The molecule has 0 saturated carbocycles. The second kappa shape index (κ2) is 9.97. The summed E-state index contributed by atoms with van der Waals surface area (Å²) in [5.74, 6) is 2.39. The van der Waals surface area contributed by atoms with Gasteiger partial charge in [0.05, 0.1) is 20.3 Å². The minimum atomic E-state index is 0.531. The summed E-state index contributed by atoms with van der Waals surface area (Å²) in [7, 11) is 3.54. The Hall–Kier alpha value is -2.53. The van der Waals surface area contributed by atoms with Crippen molar-refractivity contribution in [1.29, 1.82) is 0 Å². The number of ether oxygens (including phenoxy) is 2. The van der Waals surface area contributed by atoms with Crippen LogP contribution in [-0.2, 0) is 11.3 Å². The average molecular weight is 367 g/mol. The van der Waals surface area contributed by atoms with Crippen LogP contribution >= 0.6 is 0 Å². The maximum atomic E-state index is 5.74. The molecule has 1 aliphatic rings. The van der Waals surface area contributed by atoms with E-state index < -0.39 is 0 Å². The number of benzene rings is 2. The molecule has 0 spiro atoms. The smallest absolute Gasteiger partial charge is 0.193 e. The number of likely N-dealkylation sites (tertiary alicyclic amines) is 1. The van der Waals surface area contributed by atoms with Crippen LogP contribution in [0.25, 0.3) is 0 Å². The highest BCUT2D eigenvalue weighted by Crippen LogP contribution is 2.28. The van der Waals surface area contributed by atoms with Gasteiger partial charge in [0.25, 0.3) is 0 Å². The van der Waals surface area contributed by atoms with Gasteiger partial charge in [0.15, 0.2) is 5.96 Å². The van der Waals surface area contributed by atoms with E-state index in [0.29, 0.717) is 19.1 Å². The monoisotopic (exact) mass is 367 g/mol. The molecule has 2 aromatic carbocycles. The predicted molar refractivity (Wildman–Crippen MR) is 109 cm³/mol. The van der Waals surface area contributed by atoms with E-state index in [1.165, 1.54) is 11.1 Å². The number of hydrogen-bond acceptors (Lipinski definition) is 3. The van der Waals surface area contributed by atoms with Crippen molar-refractivity contribution in [2.24, 2.45) is 4.99 Å². The summed E-state index contributed by atoms with van der Waals surface area (Å²) in [5.41, 5.74) is 2.56. The summed E-state index contributed by atoms with van der Waals surface area (Å²) < 4.78 is 11.0. The maximum Gasteiger partial charge on any atom is 0.193 e. The lowest BCUT2D eigenvalue weighted by Gasteiger charge is -2.22. The number of nitrogens with one attached hydrogen (secondary N) is 1. The first-order valence-electron chi connectivity index (χ1n) is 9.51. The molecule has 0 aliphatic carbocycles. The van der Waals surface area contributed by atoms with E-state index in [0.717, 1.165) is 37.8 Å². The van der Waals surface area contributed by atoms with Crippen LogP contribution in [-0.4, -0.2) is 51.3 Å². The van der Waals surface area contributed by atoms with Crippen molar-refractivity contribution in [1.82, 2.24) is 10.2 Å². The average Bonchev–Trinajstić information content (AvgIpc) is 3.21. The van der Waals surface area contributed by atoms with Crippen molar-refractivity contribution in [2.45, 2.75) is 18.9 Å². The highest BCUT2D eigenvalue weighted by atomic mass is 16.5. The Balaban J connectivity index is 1.41. The van der Waals surface area contributed by atoms with Crippen LogP contribution in [0.15, 0.2) is 59.6 Å². The minimum Gasteiger partial charge on any atom is -0.497 e. The predicted octanol–water partition coefficient (Wildman–Crippen LogP) is 3.28. The zero-order chi connectivity index (χ0) is 18.9. The SMILES string of the molecule is CN=C(NCCOCc1ccccc1)N1CCC(c2ccc(OC)cc2)C1. The normalized spacial score (nSPS) is 17.2. The fraction of sp³-hybridized carbons (Fsp3) is 0.409. The van der Waals surface area contributed by atoms with E-state index in [-0.39, 0.29) is 0 Å². The van der Waals surface area contributed by atoms with Gasteiger partial charge in [-0.15, -0.1) is 0 Å². The molecule has 0 bridgehead atoms. The molecule has 1 atom stereocenters. The first kappa shape index (κ1) is 19.2. The van der Waals surface area contributed by atoms with Gasteiger partial charge in [-0.25, -0.2) is 0 Å². The molecule has 2 aromatic rings. The molecule has 1 aliphatic heterocycles. The standard InChI is InChI=1S/C22H29N3O2/c1-23-22(24-13-15-27-17-18-6-4-3-5-7-18)25-14-12-20(16-25)19-8-10-21(26-2)11-9-19/h3-11,20H,12-17H2,1-2H3,(H,23,24). The third-order valence-corrected chi connectivity index (χ3v) is 4.93. The van der Waals surface area contributed by atoms with Crippen LogP contribution in [0.5, 0.6) is 5.75 Å². The second-order valence-corrected chi connectivity index (χ2v) is 6.72. The van der Waals surface area contributed by atoms with Crippen LogP contribution in [0.2, 0.25) is 0 Å². The van der Waals surface area contributed by atoms with Crippen LogP contribution in [0, 0.1) is 0 Å². The summed E-state index contributed by atoms with van der Waals surface area (Å²) >= 11 is 0. The molecule has 1 unspecified atom stereocenters. The van der Waals surface area contributed by atoms with Crippen LogP contribution in [0.4, 0.5) is 0 Å². The van der Waals surface area contributed by atoms with Crippen molar-refractivity contribution in [3.8, 4) is 5.75 Å². The van der Waals surface area contributed by atoms with Crippen LogP contribution in [0.1, 0.15) is 23.5 Å². The molecule has 1 fully saturated rings. The number of nitrogens with zero attached hydrogens (tertiary/aromatic N) is 2. The highest BCUT2D eigenvalue weighted by Gasteiger charge is 2.25.